The van der Waals surface area contributed by atoms with Crippen molar-refractivity contribution in [3.8, 4) is 11.1 Å². The van der Waals surface area contributed by atoms with Crippen molar-refractivity contribution in [2.75, 3.05) is 13.2 Å². The van der Waals surface area contributed by atoms with Crippen LogP contribution < -0.4 is 5.56 Å². The molecule has 4 rings (SSSR count). The number of H-pyrrole nitrogens is 1. The number of carbonyl (C=O) groups excluding carboxylic acids is 1. The number of benzene rings is 2. The van der Waals surface area contributed by atoms with Crippen molar-refractivity contribution >= 4 is 6.09 Å². The first-order chi connectivity index (χ1) is 15.9. The molecule has 0 saturated carbocycles. The number of nitrogens with one attached hydrogen (secondary N) is 1. The van der Waals surface area contributed by atoms with Crippen LogP contribution in [0.2, 0.25) is 0 Å². The second-order valence-electron chi connectivity index (χ2n) is 8.35. The van der Waals surface area contributed by atoms with Gasteiger partial charge in [-0.25, -0.2) is 9.18 Å². The van der Waals surface area contributed by atoms with Gasteiger partial charge in [-0.2, -0.15) is 0 Å². The van der Waals surface area contributed by atoms with Crippen molar-refractivity contribution < 1.29 is 19.0 Å². The molecule has 2 unspecified atom stereocenters. The van der Waals surface area contributed by atoms with E-state index < -0.39 is 11.7 Å². The van der Waals surface area contributed by atoms with Crippen molar-refractivity contribution in [2.45, 2.75) is 37.8 Å². The smallest absolute Gasteiger partial charge is 0.411 e. The Morgan fingerprint density at radius 3 is 2.48 bits per heavy atom. The van der Waals surface area contributed by atoms with Crippen LogP contribution in [0.25, 0.3) is 11.1 Å². The standard InChI is InChI=1S/C26H27FN2O4/c1-18(19-5-7-20(8-6-19)23-4-2-15-28-24(23)31)29-16-14-26(13-3-17-30,33-25(29)32)21-9-11-22(27)12-10-21/h2,4-12,15,18,30H,3,13-14,16-17H2,1H3,(H,28,31). The molecule has 0 radical (unpaired) electrons. The molecule has 1 amide bonds. The van der Waals surface area contributed by atoms with E-state index >= 15 is 0 Å². The van der Waals surface area contributed by atoms with Gasteiger partial charge < -0.3 is 19.7 Å². The van der Waals surface area contributed by atoms with Gasteiger partial charge in [-0.15, -0.1) is 0 Å². The van der Waals surface area contributed by atoms with E-state index in [0.717, 1.165) is 16.7 Å². The molecule has 2 N–H and O–H groups in total. The second-order valence-corrected chi connectivity index (χ2v) is 8.35. The first kappa shape index (κ1) is 22.7. The molecule has 2 heterocycles. The highest BCUT2D eigenvalue weighted by molar-refractivity contribution is 5.70. The predicted molar refractivity (Wildman–Crippen MR) is 123 cm³/mol. The fraction of sp³-hybridized carbons (Fsp3) is 0.308. The minimum Gasteiger partial charge on any atom is -0.438 e. The van der Waals surface area contributed by atoms with Crippen LogP contribution in [0, 0.1) is 5.82 Å². The summed E-state index contributed by atoms with van der Waals surface area (Å²) in [5, 5.41) is 9.35. The lowest BCUT2D eigenvalue weighted by molar-refractivity contribution is -0.0680. The lowest BCUT2D eigenvalue weighted by Gasteiger charge is -2.43. The third-order valence-corrected chi connectivity index (χ3v) is 6.37. The molecule has 2 atom stereocenters. The number of hydrogen-bond donors (Lipinski definition) is 2. The van der Waals surface area contributed by atoms with E-state index in [9.17, 15) is 19.1 Å². The number of pyridine rings is 1. The van der Waals surface area contributed by atoms with Crippen LogP contribution >= 0.6 is 0 Å². The maximum atomic E-state index is 13.4. The van der Waals surface area contributed by atoms with E-state index in [1.54, 1.807) is 35.4 Å². The first-order valence-corrected chi connectivity index (χ1v) is 11.1. The van der Waals surface area contributed by atoms with Gasteiger partial charge in [0.15, 0.2) is 0 Å². The van der Waals surface area contributed by atoms with Crippen LogP contribution in [0.1, 0.15) is 43.4 Å². The molecule has 1 aliphatic rings. The van der Waals surface area contributed by atoms with Crippen LogP contribution in [0.5, 0.6) is 0 Å². The van der Waals surface area contributed by atoms with E-state index in [0.29, 0.717) is 31.4 Å². The lowest BCUT2D eigenvalue weighted by Crippen LogP contribution is -2.48. The number of amides is 1. The van der Waals surface area contributed by atoms with Crippen molar-refractivity contribution in [1.82, 2.24) is 9.88 Å². The molecule has 1 fully saturated rings. The summed E-state index contributed by atoms with van der Waals surface area (Å²) in [6.45, 7) is 2.38. The van der Waals surface area contributed by atoms with Crippen LogP contribution in [-0.4, -0.2) is 34.2 Å². The number of ether oxygens (including phenoxy) is 1. The summed E-state index contributed by atoms with van der Waals surface area (Å²) in [7, 11) is 0. The van der Waals surface area contributed by atoms with Crippen molar-refractivity contribution in [1.29, 1.82) is 0 Å². The number of hydrogen-bond acceptors (Lipinski definition) is 4. The molecule has 33 heavy (non-hydrogen) atoms. The van der Waals surface area contributed by atoms with Gasteiger partial charge in [-0.05, 0) is 60.7 Å². The highest BCUT2D eigenvalue weighted by Gasteiger charge is 2.43. The van der Waals surface area contributed by atoms with Gasteiger partial charge in [0, 0.05) is 31.3 Å². The minimum atomic E-state index is -0.887. The second kappa shape index (κ2) is 9.58. The van der Waals surface area contributed by atoms with Crippen LogP contribution in [-0.2, 0) is 10.3 Å². The number of halogens is 1. The van der Waals surface area contributed by atoms with E-state index in [-0.39, 0.29) is 24.0 Å². The molecule has 1 aromatic heterocycles. The number of aliphatic hydroxyl groups is 1. The summed E-state index contributed by atoms with van der Waals surface area (Å²) in [6, 6.07) is 16.9. The van der Waals surface area contributed by atoms with E-state index in [1.807, 2.05) is 31.2 Å². The van der Waals surface area contributed by atoms with Crippen LogP contribution in [0.4, 0.5) is 9.18 Å². The Morgan fingerprint density at radius 2 is 1.85 bits per heavy atom. The largest absolute Gasteiger partial charge is 0.438 e. The quantitative estimate of drug-likeness (QED) is 0.544. The molecule has 0 spiro atoms. The van der Waals surface area contributed by atoms with Crippen molar-refractivity contribution in [3.63, 3.8) is 0 Å². The average Bonchev–Trinajstić information content (AvgIpc) is 2.83. The first-order valence-electron chi connectivity index (χ1n) is 11.1. The maximum absolute atomic E-state index is 13.4. The van der Waals surface area contributed by atoms with Gasteiger partial charge in [0.25, 0.3) is 5.56 Å². The molecule has 0 bridgehead atoms. The van der Waals surface area contributed by atoms with Gasteiger partial charge in [0.05, 0.1) is 6.04 Å². The zero-order chi connectivity index (χ0) is 23.4. The monoisotopic (exact) mass is 450 g/mol. The third kappa shape index (κ3) is 4.68. The Hall–Kier alpha value is -3.45. The summed E-state index contributed by atoms with van der Waals surface area (Å²) in [6.07, 6.45) is 2.62. The molecular formula is C26H27FN2O4. The summed E-state index contributed by atoms with van der Waals surface area (Å²) in [5.41, 5.74) is 2.00. The maximum Gasteiger partial charge on any atom is 0.411 e. The number of nitrogens with zero attached hydrogens (tertiary/aromatic N) is 1. The van der Waals surface area contributed by atoms with Crippen LogP contribution in [0.15, 0.2) is 71.7 Å². The third-order valence-electron chi connectivity index (χ3n) is 6.37. The SMILES string of the molecule is CC(c1ccc(-c2ccc[nH]c2=O)cc1)N1CCC(CCCO)(c2ccc(F)cc2)OC1=O. The zero-order valence-corrected chi connectivity index (χ0v) is 18.5. The Balaban J connectivity index is 1.53. The Morgan fingerprint density at radius 1 is 1.12 bits per heavy atom. The highest BCUT2D eigenvalue weighted by atomic mass is 19.1. The fourth-order valence-electron chi connectivity index (χ4n) is 4.43. The minimum absolute atomic E-state index is 0.0167. The summed E-state index contributed by atoms with van der Waals surface area (Å²) in [5.74, 6) is -0.352. The topological polar surface area (TPSA) is 82.6 Å². The molecule has 2 aromatic carbocycles. The Labute approximate surface area is 191 Å². The van der Waals surface area contributed by atoms with Gasteiger partial charge >= 0.3 is 6.09 Å². The average molecular weight is 451 g/mol. The molecule has 3 aromatic rings. The normalized spacial score (nSPS) is 19.2. The molecule has 1 aliphatic heterocycles. The number of aliphatic hydroxyl groups excluding tert-OH is 1. The molecular weight excluding hydrogens is 423 g/mol. The Bertz CT molecular complexity index is 1160. The summed E-state index contributed by atoms with van der Waals surface area (Å²) < 4.78 is 19.4. The summed E-state index contributed by atoms with van der Waals surface area (Å²) >= 11 is 0. The Kier molecular flexibility index (Phi) is 6.60. The highest BCUT2D eigenvalue weighted by Crippen LogP contribution is 2.40. The van der Waals surface area contributed by atoms with Crippen molar-refractivity contribution in [3.05, 3.63) is 94.2 Å². The van der Waals surface area contributed by atoms with E-state index in [1.165, 1.54) is 12.1 Å². The molecule has 172 valence electrons. The zero-order valence-electron chi connectivity index (χ0n) is 18.5. The number of carbonyl (C=O) groups is 1. The fourth-order valence-corrected chi connectivity index (χ4v) is 4.43. The van der Waals surface area contributed by atoms with Gasteiger partial charge in [-0.3, -0.25) is 4.79 Å². The van der Waals surface area contributed by atoms with Gasteiger partial charge in [0.2, 0.25) is 0 Å². The molecule has 6 nitrogen and oxygen atoms in total. The molecule has 1 saturated heterocycles. The van der Waals surface area contributed by atoms with E-state index in [2.05, 4.69) is 4.98 Å². The number of aromatic nitrogens is 1. The predicted octanol–water partition coefficient (Wildman–Crippen LogP) is 4.75. The number of rotatable bonds is 7. The summed E-state index contributed by atoms with van der Waals surface area (Å²) in [4.78, 5) is 29.5. The molecule has 7 heteroatoms. The van der Waals surface area contributed by atoms with Gasteiger partial charge in [-0.1, -0.05) is 36.4 Å². The van der Waals surface area contributed by atoms with Crippen LogP contribution in [0.3, 0.4) is 0 Å². The van der Waals surface area contributed by atoms with Crippen molar-refractivity contribution in [2.24, 2.45) is 0 Å². The number of aromatic amines is 1. The molecule has 0 aliphatic carbocycles. The number of cyclic esters (lactones) is 1. The lowest BCUT2D eigenvalue weighted by atomic mass is 9.84. The van der Waals surface area contributed by atoms with Gasteiger partial charge in [0.1, 0.15) is 11.4 Å². The van der Waals surface area contributed by atoms with E-state index in [4.69, 9.17) is 4.74 Å².